The highest BCUT2D eigenvalue weighted by molar-refractivity contribution is 5.05. The fraction of sp³-hybridized carbons (Fsp3) is 0.824. The summed E-state index contributed by atoms with van der Waals surface area (Å²) in [4.78, 5) is 2.67. The highest BCUT2D eigenvalue weighted by Gasteiger charge is 2.29. The molecular weight excluding hydrogens is 260 g/mol. The highest BCUT2D eigenvalue weighted by Crippen LogP contribution is 2.20. The van der Waals surface area contributed by atoms with Gasteiger partial charge in [-0.05, 0) is 19.3 Å². The van der Waals surface area contributed by atoms with Crippen LogP contribution in [-0.2, 0) is 13.1 Å². The van der Waals surface area contributed by atoms with Gasteiger partial charge in [0.05, 0.1) is 6.20 Å². The number of hydrogen-bond acceptors (Lipinski definition) is 3. The van der Waals surface area contributed by atoms with Crippen LogP contribution in [0.1, 0.15) is 52.5 Å². The Bertz CT molecular complexity index is 415. The number of aryl methyl sites for hydroxylation is 1. The molecule has 1 aliphatic rings. The van der Waals surface area contributed by atoms with E-state index in [1.807, 2.05) is 10.9 Å². The molecule has 0 aromatic carbocycles. The molecule has 1 saturated heterocycles. The van der Waals surface area contributed by atoms with Crippen LogP contribution in [0.5, 0.6) is 0 Å². The van der Waals surface area contributed by atoms with Gasteiger partial charge in [0.25, 0.3) is 0 Å². The molecule has 2 heterocycles. The Kier molecular flexibility index (Phi) is 6.24. The summed E-state index contributed by atoms with van der Waals surface area (Å²) in [6, 6.07) is 1.30. The van der Waals surface area contributed by atoms with Crippen molar-refractivity contribution in [3.05, 3.63) is 18.0 Å². The third kappa shape index (κ3) is 4.30. The normalized spacial score (nSPS) is 25.1. The molecule has 4 heteroatoms. The zero-order chi connectivity index (χ0) is 15.2. The first-order chi connectivity index (χ1) is 10.2. The molecular formula is C17H32N4. The maximum absolute atomic E-state index is 4.42. The summed E-state index contributed by atoms with van der Waals surface area (Å²) in [5.41, 5.74) is 1.35. The summed E-state index contributed by atoms with van der Waals surface area (Å²) < 4.78 is 2.03. The molecule has 1 N–H and O–H groups in total. The maximum atomic E-state index is 4.42. The lowest BCUT2D eigenvalue weighted by atomic mass is 9.94. The summed E-state index contributed by atoms with van der Waals surface area (Å²) in [6.45, 7) is 13.4. The van der Waals surface area contributed by atoms with E-state index in [0.717, 1.165) is 32.1 Å². The van der Waals surface area contributed by atoms with E-state index in [4.69, 9.17) is 0 Å². The van der Waals surface area contributed by atoms with Gasteiger partial charge in [-0.1, -0.05) is 33.6 Å². The molecule has 3 atom stereocenters. The average Bonchev–Trinajstić information content (AvgIpc) is 2.96. The van der Waals surface area contributed by atoms with Crippen LogP contribution in [0.3, 0.4) is 0 Å². The minimum atomic E-state index is 0.629. The van der Waals surface area contributed by atoms with Gasteiger partial charge < -0.3 is 5.32 Å². The van der Waals surface area contributed by atoms with Crippen LogP contribution >= 0.6 is 0 Å². The Hall–Kier alpha value is -0.870. The molecule has 1 aromatic rings. The summed E-state index contributed by atoms with van der Waals surface area (Å²) in [6.07, 6.45) is 8.01. The van der Waals surface area contributed by atoms with Gasteiger partial charge in [-0.15, -0.1) is 0 Å². The molecule has 120 valence electrons. The van der Waals surface area contributed by atoms with Crippen molar-refractivity contribution >= 4 is 0 Å². The molecule has 0 saturated carbocycles. The van der Waals surface area contributed by atoms with Crippen molar-refractivity contribution in [2.45, 2.75) is 72.1 Å². The molecule has 0 aliphatic carbocycles. The van der Waals surface area contributed by atoms with E-state index in [1.165, 1.54) is 24.8 Å². The van der Waals surface area contributed by atoms with Crippen LogP contribution in [0.2, 0.25) is 0 Å². The van der Waals surface area contributed by atoms with E-state index in [2.05, 4.69) is 49.2 Å². The number of hydrogen-bond donors (Lipinski definition) is 1. The number of aromatic nitrogens is 2. The SMILES string of the molecule is CCCC1CNC(C(C)CC)CN1Cc1cnn(CC)c1. The first-order valence-corrected chi connectivity index (χ1v) is 8.66. The van der Waals surface area contributed by atoms with Gasteiger partial charge in [0, 0.05) is 50.0 Å². The van der Waals surface area contributed by atoms with Crippen LogP contribution in [0.25, 0.3) is 0 Å². The molecule has 1 fully saturated rings. The first kappa shape index (κ1) is 16.5. The second kappa shape index (κ2) is 7.95. The fourth-order valence-electron chi connectivity index (χ4n) is 3.26. The third-order valence-electron chi connectivity index (χ3n) is 4.91. The van der Waals surface area contributed by atoms with E-state index in [1.54, 1.807) is 0 Å². The van der Waals surface area contributed by atoms with Crippen LogP contribution < -0.4 is 5.32 Å². The molecule has 21 heavy (non-hydrogen) atoms. The quantitative estimate of drug-likeness (QED) is 0.839. The molecule has 2 rings (SSSR count). The number of nitrogens with one attached hydrogen (secondary N) is 1. The summed E-state index contributed by atoms with van der Waals surface area (Å²) in [5, 5.41) is 8.19. The van der Waals surface area contributed by atoms with Crippen LogP contribution in [0, 0.1) is 5.92 Å². The van der Waals surface area contributed by atoms with Crippen molar-refractivity contribution in [3.8, 4) is 0 Å². The largest absolute Gasteiger partial charge is 0.311 e. The van der Waals surface area contributed by atoms with Crippen molar-refractivity contribution < 1.29 is 0 Å². The van der Waals surface area contributed by atoms with Crippen molar-refractivity contribution in [2.75, 3.05) is 13.1 Å². The monoisotopic (exact) mass is 292 g/mol. The zero-order valence-corrected chi connectivity index (χ0v) is 14.2. The van der Waals surface area contributed by atoms with Gasteiger partial charge in [0.2, 0.25) is 0 Å². The Balaban J connectivity index is 2.02. The predicted octanol–water partition coefficient (Wildman–Crippen LogP) is 2.89. The molecule has 0 bridgehead atoms. The van der Waals surface area contributed by atoms with Gasteiger partial charge in [-0.3, -0.25) is 9.58 Å². The first-order valence-electron chi connectivity index (χ1n) is 8.66. The maximum Gasteiger partial charge on any atom is 0.0534 e. The van der Waals surface area contributed by atoms with E-state index in [-0.39, 0.29) is 0 Å². The number of rotatable bonds is 7. The smallest absolute Gasteiger partial charge is 0.0534 e. The van der Waals surface area contributed by atoms with Crippen molar-refractivity contribution in [2.24, 2.45) is 5.92 Å². The summed E-state index contributed by atoms with van der Waals surface area (Å²) >= 11 is 0. The zero-order valence-electron chi connectivity index (χ0n) is 14.2. The molecule has 0 radical (unpaired) electrons. The van der Waals surface area contributed by atoms with Gasteiger partial charge >= 0.3 is 0 Å². The molecule has 1 aliphatic heterocycles. The van der Waals surface area contributed by atoms with Gasteiger partial charge in [-0.2, -0.15) is 5.10 Å². The van der Waals surface area contributed by atoms with Gasteiger partial charge in [0.15, 0.2) is 0 Å². The Labute approximate surface area is 129 Å². The Morgan fingerprint density at radius 3 is 2.81 bits per heavy atom. The minimum Gasteiger partial charge on any atom is -0.311 e. The van der Waals surface area contributed by atoms with Crippen molar-refractivity contribution in [1.82, 2.24) is 20.0 Å². The number of piperazine rings is 1. The van der Waals surface area contributed by atoms with E-state index in [0.29, 0.717) is 12.1 Å². The van der Waals surface area contributed by atoms with Crippen LogP contribution in [0.15, 0.2) is 12.4 Å². The topological polar surface area (TPSA) is 33.1 Å². The lowest BCUT2D eigenvalue weighted by Gasteiger charge is -2.42. The molecule has 0 spiro atoms. The summed E-state index contributed by atoms with van der Waals surface area (Å²) in [5.74, 6) is 0.744. The van der Waals surface area contributed by atoms with E-state index < -0.39 is 0 Å². The summed E-state index contributed by atoms with van der Waals surface area (Å²) in [7, 11) is 0. The van der Waals surface area contributed by atoms with Crippen molar-refractivity contribution in [1.29, 1.82) is 0 Å². The van der Waals surface area contributed by atoms with Gasteiger partial charge in [-0.25, -0.2) is 0 Å². The van der Waals surface area contributed by atoms with Crippen LogP contribution in [0.4, 0.5) is 0 Å². The minimum absolute atomic E-state index is 0.629. The van der Waals surface area contributed by atoms with Crippen molar-refractivity contribution in [3.63, 3.8) is 0 Å². The molecule has 3 unspecified atom stereocenters. The Morgan fingerprint density at radius 1 is 1.38 bits per heavy atom. The lowest BCUT2D eigenvalue weighted by Crippen LogP contribution is -2.57. The second-order valence-electron chi connectivity index (χ2n) is 6.48. The van der Waals surface area contributed by atoms with E-state index in [9.17, 15) is 0 Å². The lowest BCUT2D eigenvalue weighted by molar-refractivity contribution is 0.0960. The molecule has 1 aromatic heterocycles. The average molecular weight is 292 g/mol. The van der Waals surface area contributed by atoms with Crippen LogP contribution in [-0.4, -0.2) is 39.9 Å². The van der Waals surface area contributed by atoms with Gasteiger partial charge in [0.1, 0.15) is 0 Å². The fourth-order valence-corrected chi connectivity index (χ4v) is 3.26. The predicted molar refractivity (Wildman–Crippen MR) is 88.3 cm³/mol. The molecule has 4 nitrogen and oxygen atoms in total. The van der Waals surface area contributed by atoms with E-state index >= 15 is 0 Å². The Morgan fingerprint density at radius 2 is 2.19 bits per heavy atom. The number of nitrogens with zero attached hydrogens (tertiary/aromatic N) is 3. The second-order valence-corrected chi connectivity index (χ2v) is 6.48. The standard InChI is InChI=1S/C17H32N4/c1-5-8-16-10-18-17(14(4)6-2)13-20(16)11-15-9-19-21(7-3)12-15/h9,12,14,16-18H,5-8,10-11,13H2,1-4H3. The molecule has 0 amide bonds. The highest BCUT2D eigenvalue weighted by atomic mass is 15.3. The third-order valence-corrected chi connectivity index (χ3v) is 4.91.